The number of likely N-dealkylation sites (tertiary alicyclic amines) is 1. The van der Waals surface area contributed by atoms with E-state index in [1.54, 1.807) is 0 Å². The van der Waals surface area contributed by atoms with Gasteiger partial charge in [0.15, 0.2) is 0 Å². The number of nitrogens with one attached hydrogen (secondary N) is 1. The molecule has 2 amide bonds. The van der Waals surface area contributed by atoms with Crippen LogP contribution in [0.1, 0.15) is 36.2 Å². The van der Waals surface area contributed by atoms with Crippen molar-refractivity contribution in [2.45, 2.75) is 45.8 Å². The number of anilines is 1. The number of hydrogen-bond acceptors (Lipinski definition) is 3. The van der Waals surface area contributed by atoms with Crippen LogP contribution < -0.4 is 5.32 Å². The highest BCUT2D eigenvalue weighted by Crippen LogP contribution is 2.20. The summed E-state index contributed by atoms with van der Waals surface area (Å²) in [4.78, 5) is 21.8. The summed E-state index contributed by atoms with van der Waals surface area (Å²) in [7, 11) is 0. The van der Waals surface area contributed by atoms with E-state index in [-0.39, 0.29) is 6.03 Å². The topological polar surface area (TPSA) is 53.4 Å². The lowest BCUT2D eigenvalue weighted by Crippen LogP contribution is -2.35. The molecule has 2 aromatic rings. The molecule has 6 heteroatoms. The molecule has 1 saturated heterocycles. The molecule has 0 spiro atoms. The molecule has 2 aliphatic rings. The zero-order chi connectivity index (χ0) is 17.9. The highest BCUT2D eigenvalue weighted by molar-refractivity contribution is 5.89. The molecule has 0 atom stereocenters. The number of carbonyl (C=O) groups is 1. The summed E-state index contributed by atoms with van der Waals surface area (Å²) < 4.78 is 2.23. The van der Waals surface area contributed by atoms with Gasteiger partial charge in [-0.3, -0.25) is 4.90 Å². The van der Waals surface area contributed by atoms with Gasteiger partial charge in [0.1, 0.15) is 0 Å². The molecule has 3 heterocycles. The highest BCUT2D eigenvalue weighted by Gasteiger charge is 2.24. The molecule has 1 fully saturated rings. The van der Waals surface area contributed by atoms with Gasteiger partial charge in [-0.25, -0.2) is 9.78 Å². The maximum atomic E-state index is 12.8. The number of fused-ring (bicyclic) bond motifs is 1. The molecule has 0 saturated carbocycles. The third-order valence-electron chi connectivity index (χ3n) is 5.36. The summed E-state index contributed by atoms with van der Waals surface area (Å²) in [5.41, 5.74) is 4.35. The zero-order valence-electron chi connectivity index (χ0n) is 15.4. The standard InChI is InChI=1S/C20H27N5O/c1-16-5-7-17(8-6-16)22-20(26)24-11-4-12-25-15-21-18(19(25)14-24)13-23-9-2-3-10-23/h5-8,15H,2-4,9-14H2,1H3,(H,22,26). The second-order valence-electron chi connectivity index (χ2n) is 7.39. The van der Waals surface area contributed by atoms with Gasteiger partial charge < -0.3 is 14.8 Å². The van der Waals surface area contributed by atoms with Gasteiger partial charge in [0.05, 0.1) is 24.3 Å². The number of amides is 2. The van der Waals surface area contributed by atoms with Crippen LogP contribution in [-0.4, -0.2) is 45.0 Å². The van der Waals surface area contributed by atoms with Crippen molar-refractivity contribution in [2.24, 2.45) is 0 Å². The number of hydrogen-bond donors (Lipinski definition) is 1. The average molecular weight is 353 g/mol. The summed E-state index contributed by atoms with van der Waals surface area (Å²) in [6.07, 6.45) is 5.46. The zero-order valence-corrected chi connectivity index (χ0v) is 15.4. The number of benzene rings is 1. The fraction of sp³-hybridized carbons (Fsp3) is 0.500. The summed E-state index contributed by atoms with van der Waals surface area (Å²) in [5.74, 6) is 0. The van der Waals surface area contributed by atoms with Gasteiger partial charge in [0.25, 0.3) is 0 Å². The molecule has 26 heavy (non-hydrogen) atoms. The quantitative estimate of drug-likeness (QED) is 0.922. The molecule has 1 aromatic heterocycles. The lowest BCUT2D eigenvalue weighted by molar-refractivity contribution is 0.209. The van der Waals surface area contributed by atoms with Crippen LogP contribution in [0.5, 0.6) is 0 Å². The van der Waals surface area contributed by atoms with Crippen LogP contribution in [0.15, 0.2) is 30.6 Å². The SMILES string of the molecule is Cc1ccc(NC(=O)N2CCCn3cnc(CN4CCCC4)c3C2)cc1. The second-order valence-corrected chi connectivity index (χ2v) is 7.39. The number of carbonyl (C=O) groups excluding carboxylic acids is 1. The first-order valence-electron chi connectivity index (χ1n) is 9.57. The van der Waals surface area contributed by atoms with Crippen LogP contribution >= 0.6 is 0 Å². The summed E-state index contributed by atoms with van der Waals surface area (Å²) >= 11 is 0. The van der Waals surface area contributed by atoms with Crippen molar-refractivity contribution in [2.75, 3.05) is 25.0 Å². The summed E-state index contributed by atoms with van der Waals surface area (Å²) in [6, 6.07) is 7.90. The van der Waals surface area contributed by atoms with E-state index in [9.17, 15) is 4.79 Å². The van der Waals surface area contributed by atoms with Gasteiger partial charge in [-0.05, 0) is 51.4 Å². The molecule has 1 aromatic carbocycles. The minimum Gasteiger partial charge on any atom is -0.333 e. The van der Waals surface area contributed by atoms with Crippen molar-refractivity contribution in [1.82, 2.24) is 19.4 Å². The van der Waals surface area contributed by atoms with E-state index in [1.807, 2.05) is 42.4 Å². The first kappa shape index (κ1) is 17.1. The molecule has 0 bridgehead atoms. The normalized spacial score (nSPS) is 17.8. The van der Waals surface area contributed by atoms with E-state index >= 15 is 0 Å². The lowest BCUT2D eigenvalue weighted by Gasteiger charge is -2.22. The van der Waals surface area contributed by atoms with Crippen molar-refractivity contribution in [3.63, 3.8) is 0 Å². The van der Waals surface area contributed by atoms with Crippen LogP contribution in [0.4, 0.5) is 10.5 Å². The maximum Gasteiger partial charge on any atom is 0.322 e. The van der Waals surface area contributed by atoms with Crippen LogP contribution in [-0.2, 0) is 19.6 Å². The van der Waals surface area contributed by atoms with Gasteiger partial charge in [0, 0.05) is 25.3 Å². The molecule has 6 nitrogen and oxygen atoms in total. The smallest absolute Gasteiger partial charge is 0.322 e. The molecule has 1 N–H and O–H groups in total. The van der Waals surface area contributed by atoms with Gasteiger partial charge in [0.2, 0.25) is 0 Å². The van der Waals surface area contributed by atoms with Crippen LogP contribution in [0.2, 0.25) is 0 Å². The summed E-state index contributed by atoms with van der Waals surface area (Å²) in [5, 5.41) is 3.03. The third-order valence-corrected chi connectivity index (χ3v) is 5.36. The molecule has 138 valence electrons. The van der Waals surface area contributed by atoms with Crippen molar-refractivity contribution in [1.29, 1.82) is 0 Å². The monoisotopic (exact) mass is 353 g/mol. The predicted molar refractivity (Wildman–Crippen MR) is 102 cm³/mol. The number of imidazole rings is 1. The fourth-order valence-electron chi connectivity index (χ4n) is 3.81. The van der Waals surface area contributed by atoms with Crippen molar-refractivity contribution in [3.05, 3.63) is 47.5 Å². The van der Waals surface area contributed by atoms with E-state index in [1.165, 1.54) is 24.1 Å². The lowest BCUT2D eigenvalue weighted by atomic mass is 10.2. The molecular formula is C20H27N5O. The van der Waals surface area contributed by atoms with Gasteiger partial charge in [-0.2, -0.15) is 0 Å². The number of nitrogens with zero attached hydrogens (tertiary/aromatic N) is 4. The summed E-state index contributed by atoms with van der Waals surface area (Å²) in [6.45, 7) is 7.58. The minimum atomic E-state index is -0.0318. The molecule has 0 radical (unpaired) electrons. The second kappa shape index (κ2) is 7.50. The Kier molecular flexibility index (Phi) is 4.93. The first-order valence-corrected chi connectivity index (χ1v) is 9.57. The molecule has 0 unspecified atom stereocenters. The minimum absolute atomic E-state index is 0.0318. The Morgan fingerprint density at radius 1 is 1.08 bits per heavy atom. The van der Waals surface area contributed by atoms with Crippen molar-refractivity contribution >= 4 is 11.7 Å². The van der Waals surface area contributed by atoms with E-state index in [0.717, 1.165) is 50.5 Å². The molecule has 0 aliphatic carbocycles. The van der Waals surface area contributed by atoms with Crippen molar-refractivity contribution < 1.29 is 4.79 Å². The largest absolute Gasteiger partial charge is 0.333 e. The Labute approximate surface area is 154 Å². The average Bonchev–Trinajstić information content (AvgIpc) is 3.22. The van der Waals surface area contributed by atoms with E-state index in [0.29, 0.717) is 6.54 Å². The Morgan fingerprint density at radius 2 is 1.85 bits per heavy atom. The Balaban J connectivity index is 1.46. The van der Waals surface area contributed by atoms with Gasteiger partial charge in [-0.15, -0.1) is 0 Å². The van der Waals surface area contributed by atoms with Crippen LogP contribution in [0.25, 0.3) is 0 Å². The Bertz CT molecular complexity index is 761. The fourth-order valence-corrected chi connectivity index (χ4v) is 3.81. The maximum absolute atomic E-state index is 12.8. The van der Waals surface area contributed by atoms with Gasteiger partial charge >= 0.3 is 6.03 Å². The number of aryl methyl sites for hydroxylation is 2. The molecular weight excluding hydrogens is 326 g/mol. The van der Waals surface area contributed by atoms with Crippen LogP contribution in [0.3, 0.4) is 0 Å². The predicted octanol–water partition coefficient (Wildman–Crippen LogP) is 3.23. The van der Waals surface area contributed by atoms with E-state index < -0.39 is 0 Å². The Morgan fingerprint density at radius 3 is 2.62 bits per heavy atom. The molecule has 4 rings (SSSR count). The van der Waals surface area contributed by atoms with Crippen molar-refractivity contribution in [3.8, 4) is 0 Å². The van der Waals surface area contributed by atoms with E-state index in [4.69, 9.17) is 0 Å². The van der Waals surface area contributed by atoms with Crippen LogP contribution in [0, 0.1) is 6.92 Å². The van der Waals surface area contributed by atoms with E-state index in [2.05, 4.69) is 19.8 Å². The van der Waals surface area contributed by atoms with Gasteiger partial charge in [-0.1, -0.05) is 17.7 Å². The first-order chi connectivity index (χ1) is 12.7. The number of aromatic nitrogens is 2. The number of rotatable bonds is 3. The molecule has 2 aliphatic heterocycles. The number of urea groups is 1. The Hall–Kier alpha value is -2.34. The highest BCUT2D eigenvalue weighted by atomic mass is 16.2. The third kappa shape index (κ3) is 3.75.